The van der Waals surface area contributed by atoms with Crippen molar-refractivity contribution in [2.45, 2.75) is 19.4 Å². The largest absolute Gasteiger partial charge is 0.382 e. The van der Waals surface area contributed by atoms with E-state index in [2.05, 4.69) is 24.5 Å². The third kappa shape index (κ3) is 4.42. The summed E-state index contributed by atoms with van der Waals surface area (Å²) in [6, 6.07) is 10.5. The summed E-state index contributed by atoms with van der Waals surface area (Å²) in [5.74, 6) is 0. The Labute approximate surface area is 91.4 Å². The first kappa shape index (κ1) is 12.2. The Morgan fingerprint density at radius 3 is 2.53 bits per heavy atom. The molecule has 0 heterocycles. The number of benzene rings is 1. The van der Waals surface area contributed by atoms with E-state index < -0.39 is 0 Å². The van der Waals surface area contributed by atoms with Gasteiger partial charge in [0.25, 0.3) is 0 Å². The van der Waals surface area contributed by atoms with Gasteiger partial charge in [-0.1, -0.05) is 37.3 Å². The first-order valence-electron chi connectivity index (χ1n) is 5.29. The molecule has 0 saturated heterocycles. The molecule has 0 aliphatic heterocycles. The molecule has 0 saturated carbocycles. The summed E-state index contributed by atoms with van der Waals surface area (Å²) in [6.45, 7) is 3.31. The Morgan fingerprint density at radius 2 is 1.93 bits per heavy atom. The summed E-state index contributed by atoms with van der Waals surface area (Å²) in [5.41, 5.74) is 4.29. The number of hydroxylamine groups is 1. The highest BCUT2D eigenvalue weighted by atomic mass is 16.7. The molecule has 0 aromatic heterocycles. The Morgan fingerprint density at radius 1 is 1.20 bits per heavy atom. The van der Waals surface area contributed by atoms with Crippen molar-refractivity contribution in [1.82, 2.24) is 5.48 Å². The van der Waals surface area contributed by atoms with Crippen LogP contribution in [0, 0.1) is 0 Å². The van der Waals surface area contributed by atoms with Gasteiger partial charge < -0.3 is 4.74 Å². The highest BCUT2D eigenvalue weighted by Crippen LogP contribution is 2.15. The molecule has 84 valence electrons. The van der Waals surface area contributed by atoms with Gasteiger partial charge in [0.1, 0.15) is 0 Å². The van der Waals surface area contributed by atoms with Gasteiger partial charge in [-0.05, 0) is 12.0 Å². The van der Waals surface area contributed by atoms with E-state index >= 15 is 0 Å². The average Bonchev–Trinajstić information content (AvgIpc) is 2.30. The van der Waals surface area contributed by atoms with Crippen LogP contribution in [-0.4, -0.2) is 20.3 Å². The molecule has 1 aromatic rings. The first-order valence-corrected chi connectivity index (χ1v) is 5.29. The summed E-state index contributed by atoms with van der Waals surface area (Å²) in [5, 5.41) is 0. The number of hydrogen-bond acceptors (Lipinski definition) is 3. The van der Waals surface area contributed by atoms with Crippen molar-refractivity contribution >= 4 is 0 Å². The topological polar surface area (TPSA) is 30.5 Å². The lowest BCUT2D eigenvalue weighted by molar-refractivity contribution is -0.0131. The summed E-state index contributed by atoms with van der Waals surface area (Å²) < 4.78 is 4.90. The van der Waals surface area contributed by atoms with E-state index in [0.29, 0.717) is 13.2 Å². The molecule has 15 heavy (non-hydrogen) atoms. The number of ether oxygens (including phenoxy) is 1. The van der Waals surface area contributed by atoms with Gasteiger partial charge >= 0.3 is 0 Å². The fourth-order valence-electron chi connectivity index (χ4n) is 1.36. The van der Waals surface area contributed by atoms with Gasteiger partial charge in [-0.15, -0.1) is 0 Å². The number of nitrogens with one attached hydrogen (secondary N) is 1. The van der Waals surface area contributed by atoms with Gasteiger partial charge in [-0.25, -0.2) is 0 Å². The molecule has 1 N–H and O–H groups in total. The third-order valence-electron chi connectivity index (χ3n) is 2.23. The van der Waals surface area contributed by atoms with E-state index in [1.807, 2.05) is 18.2 Å². The van der Waals surface area contributed by atoms with E-state index in [-0.39, 0.29) is 6.04 Å². The molecule has 1 aromatic carbocycles. The van der Waals surface area contributed by atoms with Crippen LogP contribution in [0.4, 0.5) is 0 Å². The molecule has 3 heteroatoms. The normalized spacial score (nSPS) is 12.7. The number of rotatable bonds is 7. The van der Waals surface area contributed by atoms with Crippen LogP contribution in [0.25, 0.3) is 0 Å². The SMILES string of the molecule is CCC(NOCCOC)c1ccccc1. The summed E-state index contributed by atoms with van der Waals surface area (Å²) >= 11 is 0. The van der Waals surface area contributed by atoms with Crippen molar-refractivity contribution in [1.29, 1.82) is 0 Å². The molecule has 0 amide bonds. The van der Waals surface area contributed by atoms with Crippen LogP contribution in [0.5, 0.6) is 0 Å². The zero-order chi connectivity index (χ0) is 10.9. The molecule has 1 unspecified atom stereocenters. The van der Waals surface area contributed by atoms with Gasteiger partial charge in [0.05, 0.1) is 19.3 Å². The van der Waals surface area contributed by atoms with E-state index in [1.54, 1.807) is 7.11 Å². The van der Waals surface area contributed by atoms with Crippen molar-refractivity contribution in [2.75, 3.05) is 20.3 Å². The molecular weight excluding hydrogens is 190 g/mol. The molecule has 0 spiro atoms. The summed E-state index contributed by atoms with van der Waals surface area (Å²) in [7, 11) is 1.66. The minimum atomic E-state index is 0.253. The van der Waals surface area contributed by atoms with Crippen LogP contribution in [0.15, 0.2) is 30.3 Å². The second-order valence-electron chi connectivity index (χ2n) is 3.33. The van der Waals surface area contributed by atoms with Crippen molar-refractivity contribution in [2.24, 2.45) is 0 Å². The van der Waals surface area contributed by atoms with E-state index in [0.717, 1.165) is 6.42 Å². The van der Waals surface area contributed by atoms with E-state index in [4.69, 9.17) is 9.57 Å². The van der Waals surface area contributed by atoms with Crippen molar-refractivity contribution in [3.63, 3.8) is 0 Å². The van der Waals surface area contributed by atoms with Gasteiger partial charge in [0, 0.05) is 7.11 Å². The van der Waals surface area contributed by atoms with Gasteiger partial charge in [0.2, 0.25) is 0 Å². The van der Waals surface area contributed by atoms with Gasteiger partial charge in [0.15, 0.2) is 0 Å². The predicted molar refractivity (Wildman–Crippen MR) is 60.4 cm³/mol. The lowest BCUT2D eigenvalue weighted by atomic mass is 10.1. The zero-order valence-electron chi connectivity index (χ0n) is 9.40. The number of hydrogen-bond donors (Lipinski definition) is 1. The standard InChI is InChI=1S/C12H19NO2/c1-3-12(13-15-10-9-14-2)11-7-5-4-6-8-11/h4-8,12-13H,3,9-10H2,1-2H3. The maximum atomic E-state index is 5.31. The predicted octanol–water partition coefficient (Wildman–Crippen LogP) is 2.31. The molecular formula is C12H19NO2. The molecule has 0 bridgehead atoms. The highest BCUT2D eigenvalue weighted by Gasteiger charge is 2.07. The fourth-order valence-corrected chi connectivity index (χ4v) is 1.36. The molecule has 0 fully saturated rings. The average molecular weight is 209 g/mol. The Hall–Kier alpha value is -0.900. The Balaban J connectivity index is 2.36. The van der Waals surface area contributed by atoms with E-state index in [1.165, 1.54) is 5.56 Å². The minimum Gasteiger partial charge on any atom is -0.382 e. The first-order chi connectivity index (χ1) is 7.38. The van der Waals surface area contributed by atoms with Crippen molar-refractivity contribution < 1.29 is 9.57 Å². The van der Waals surface area contributed by atoms with Crippen LogP contribution in [0.2, 0.25) is 0 Å². The Kier molecular flexibility index (Phi) is 6.00. The second-order valence-corrected chi connectivity index (χ2v) is 3.33. The molecule has 1 atom stereocenters. The maximum absolute atomic E-state index is 5.31. The van der Waals surface area contributed by atoms with E-state index in [9.17, 15) is 0 Å². The van der Waals surface area contributed by atoms with Crippen molar-refractivity contribution in [3.05, 3.63) is 35.9 Å². The smallest absolute Gasteiger partial charge is 0.0916 e. The zero-order valence-corrected chi connectivity index (χ0v) is 9.40. The lowest BCUT2D eigenvalue weighted by Crippen LogP contribution is -2.23. The highest BCUT2D eigenvalue weighted by molar-refractivity contribution is 5.18. The Bertz CT molecular complexity index is 251. The second kappa shape index (κ2) is 7.40. The fraction of sp³-hybridized carbons (Fsp3) is 0.500. The molecule has 0 radical (unpaired) electrons. The molecule has 1 rings (SSSR count). The summed E-state index contributed by atoms with van der Waals surface area (Å²) in [6.07, 6.45) is 0.997. The number of methoxy groups -OCH3 is 1. The quantitative estimate of drug-likeness (QED) is 0.552. The molecule has 0 aliphatic carbocycles. The summed E-state index contributed by atoms with van der Waals surface area (Å²) in [4.78, 5) is 5.31. The van der Waals surface area contributed by atoms with Crippen molar-refractivity contribution in [3.8, 4) is 0 Å². The molecule has 0 aliphatic rings. The maximum Gasteiger partial charge on any atom is 0.0916 e. The monoisotopic (exact) mass is 209 g/mol. The van der Waals surface area contributed by atoms with Crippen LogP contribution in [0.1, 0.15) is 24.9 Å². The minimum absolute atomic E-state index is 0.253. The van der Waals surface area contributed by atoms with Crippen LogP contribution < -0.4 is 5.48 Å². The van der Waals surface area contributed by atoms with Crippen LogP contribution in [0.3, 0.4) is 0 Å². The van der Waals surface area contributed by atoms with Crippen LogP contribution in [-0.2, 0) is 9.57 Å². The van der Waals surface area contributed by atoms with Gasteiger partial charge in [-0.3, -0.25) is 4.84 Å². The molecule has 3 nitrogen and oxygen atoms in total. The van der Waals surface area contributed by atoms with Gasteiger partial charge in [-0.2, -0.15) is 5.48 Å². The lowest BCUT2D eigenvalue weighted by Gasteiger charge is -2.16. The third-order valence-corrected chi connectivity index (χ3v) is 2.23. The van der Waals surface area contributed by atoms with Crippen LogP contribution >= 0.6 is 0 Å².